The molecular formula is C11H23NO3. The molecule has 0 bridgehead atoms. The van der Waals surface area contributed by atoms with E-state index in [1.54, 1.807) is 7.11 Å². The van der Waals surface area contributed by atoms with Gasteiger partial charge in [-0.1, -0.05) is 6.92 Å². The molecule has 0 aliphatic rings. The van der Waals surface area contributed by atoms with E-state index in [9.17, 15) is 4.79 Å². The Balaban J connectivity index is 4.43. The number of ether oxygens (including phenoxy) is 1. The van der Waals surface area contributed by atoms with Gasteiger partial charge in [0, 0.05) is 19.6 Å². The third-order valence-corrected chi connectivity index (χ3v) is 2.82. The highest BCUT2D eigenvalue weighted by molar-refractivity contribution is 5.67. The van der Waals surface area contributed by atoms with Crippen molar-refractivity contribution in [2.45, 2.75) is 51.7 Å². The molecule has 2 unspecified atom stereocenters. The first-order valence-electron chi connectivity index (χ1n) is 5.35. The predicted molar refractivity (Wildman–Crippen MR) is 59.7 cm³/mol. The minimum atomic E-state index is -0.796. The van der Waals surface area contributed by atoms with Gasteiger partial charge >= 0.3 is 5.97 Å². The summed E-state index contributed by atoms with van der Waals surface area (Å²) >= 11 is 0. The van der Waals surface area contributed by atoms with E-state index in [1.165, 1.54) is 0 Å². The number of nitrogens with two attached hydrogens (primary N) is 1. The summed E-state index contributed by atoms with van der Waals surface area (Å²) < 4.78 is 5.30. The van der Waals surface area contributed by atoms with E-state index < -0.39 is 5.97 Å². The number of aliphatic carboxylic acids is 1. The standard InChI is InChI=1S/C11H23NO3/c1-5-9(12)8(6-10(13)14)7-11(2,3)15-4/h8-9H,5-7,12H2,1-4H3,(H,13,14). The zero-order chi connectivity index (χ0) is 12.1. The SMILES string of the molecule is CCC(N)C(CC(=O)O)CC(C)(C)OC. The molecule has 0 fully saturated rings. The number of carboxylic acid groups (broad SMARTS) is 1. The minimum Gasteiger partial charge on any atom is -0.481 e. The van der Waals surface area contributed by atoms with Crippen LogP contribution in [0.4, 0.5) is 0 Å². The van der Waals surface area contributed by atoms with E-state index in [4.69, 9.17) is 15.6 Å². The first kappa shape index (κ1) is 14.4. The van der Waals surface area contributed by atoms with Gasteiger partial charge in [-0.05, 0) is 32.6 Å². The van der Waals surface area contributed by atoms with Crippen LogP contribution in [0.15, 0.2) is 0 Å². The summed E-state index contributed by atoms with van der Waals surface area (Å²) in [4.78, 5) is 10.7. The number of hydrogen-bond acceptors (Lipinski definition) is 3. The summed E-state index contributed by atoms with van der Waals surface area (Å²) in [5, 5.41) is 8.80. The zero-order valence-electron chi connectivity index (χ0n) is 10.1. The second kappa shape index (κ2) is 6.08. The lowest BCUT2D eigenvalue weighted by atomic mass is 9.85. The van der Waals surface area contributed by atoms with Crippen molar-refractivity contribution in [2.75, 3.05) is 7.11 Å². The van der Waals surface area contributed by atoms with E-state index in [0.717, 1.165) is 6.42 Å². The highest BCUT2D eigenvalue weighted by atomic mass is 16.5. The van der Waals surface area contributed by atoms with Crippen LogP contribution in [0, 0.1) is 5.92 Å². The molecule has 0 spiro atoms. The zero-order valence-corrected chi connectivity index (χ0v) is 10.1. The Morgan fingerprint density at radius 3 is 2.40 bits per heavy atom. The minimum absolute atomic E-state index is 0.0255. The second-order valence-corrected chi connectivity index (χ2v) is 4.60. The quantitative estimate of drug-likeness (QED) is 0.680. The Labute approximate surface area is 91.8 Å². The molecule has 15 heavy (non-hydrogen) atoms. The molecule has 0 aliphatic carbocycles. The van der Waals surface area contributed by atoms with E-state index in [2.05, 4.69) is 0 Å². The molecule has 0 aromatic carbocycles. The molecule has 2 atom stereocenters. The summed E-state index contributed by atoms with van der Waals surface area (Å²) in [7, 11) is 1.63. The van der Waals surface area contributed by atoms with Crippen LogP contribution in [0.25, 0.3) is 0 Å². The molecule has 0 aromatic heterocycles. The van der Waals surface area contributed by atoms with E-state index in [0.29, 0.717) is 6.42 Å². The Bertz CT molecular complexity index is 204. The first-order chi connectivity index (χ1) is 6.82. The molecule has 0 aliphatic heterocycles. The van der Waals surface area contributed by atoms with E-state index in [1.807, 2.05) is 20.8 Å². The number of rotatable bonds is 7. The summed E-state index contributed by atoms with van der Waals surface area (Å²) in [6.45, 7) is 5.87. The summed E-state index contributed by atoms with van der Waals surface area (Å²) in [5.41, 5.74) is 5.60. The van der Waals surface area contributed by atoms with Crippen molar-refractivity contribution in [1.29, 1.82) is 0 Å². The molecule has 0 aromatic rings. The molecule has 0 saturated heterocycles. The van der Waals surface area contributed by atoms with Gasteiger partial charge in [0.05, 0.1) is 5.60 Å². The lowest BCUT2D eigenvalue weighted by Gasteiger charge is -2.30. The highest BCUT2D eigenvalue weighted by Crippen LogP contribution is 2.25. The largest absolute Gasteiger partial charge is 0.481 e. The van der Waals surface area contributed by atoms with Gasteiger partial charge in [-0.15, -0.1) is 0 Å². The van der Waals surface area contributed by atoms with Crippen LogP contribution in [-0.2, 0) is 9.53 Å². The monoisotopic (exact) mass is 217 g/mol. The summed E-state index contributed by atoms with van der Waals surface area (Å²) in [6, 6.07) is -0.0736. The van der Waals surface area contributed by atoms with Crippen molar-refractivity contribution in [3.63, 3.8) is 0 Å². The van der Waals surface area contributed by atoms with Gasteiger partial charge in [0.2, 0.25) is 0 Å². The molecule has 3 N–H and O–H groups in total. The molecular weight excluding hydrogens is 194 g/mol. The lowest BCUT2D eigenvalue weighted by molar-refractivity contribution is -0.138. The van der Waals surface area contributed by atoms with Crippen LogP contribution in [0.1, 0.15) is 40.0 Å². The van der Waals surface area contributed by atoms with Crippen LogP contribution in [0.5, 0.6) is 0 Å². The summed E-state index contributed by atoms with van der Waals surface area (Å²) in [6.07, 6.45) is 1.57. The van der Waals surface area contributed by atoms with Gasteiger partial charge in [0.1, 0.15) is 0 Å². The lowest BCUT2D eigenvalue weighted by Crippen LogP contribution is -2.37. The van der Waals surface area contributed by atoms with Crippen molar-refractivity contribution in [1.82, 2.24) is 0 Å². The van der Waals surface area contributed by atoms with Gasteiger partial charge in [0.25, 0.3) is 0 Å². The Morgan fingerprint density at radius 1 is 1.53 bits per heavy atom. The Morgan fingerprint density at radius 2 is 2.07 bits per heavy atom. The number of hydrogen-bond donors (Lipinski definition) is 2. The normalized spacial score (nSPS) is 16.1. The van der Waals surface area contributed by atoms with Crippen molar-refractivity contribution in [3.8, 4) is 0 Å². The molecule has 0 amide bonds. The van der Waals surface area contributed by atoms with Crippen LogP contribution in [0.2, 0.25) is 0 Å². The van der Waals surface area contributed by atoms with Crippen LogP contribution in [-0.4, -0.2) is 29.8 Å². The van der Waals surface area contributed by atoms with Gasteiger partial charge < -0.3 is 15.6 Å². The van der Waals surface area contributed by atoms with Crippen molar-refractivity contribution in [2.24, 2.45) is 11.7 Å². The van der Waals surface area contributed by atoms with Crippen molar-refractivity contribution in [3.05, 3.63) is 0 Å². The van der Waals surface area contributed by atoms with Crippen molar-refractivity contribution >= 4 is 5.97 Å². The van der Waals surface area contributed by atoms with Crippen LogP contribution < -0.4 is 5.73 Å². The molecule has 4 heteroatoms. The Kier molecular flexibility index (Phi) is 5.83. The van der Waals surface area contributed by atoms with Crippen molar-refractivity contribution < 1.29 is 14.6 Å². The maximum absolute atomic E-state index is 10.7. The molecule has 4 nitrogen and oxygen atoms in total. The third kappa shape index (κ3) is 5.74. The fraction of sp³-hybridized carbons (Fsp3) is 0.909. The molecule has 0 rings (SSSR count). The number of methoxy groups -OCH3 is 1. The van der Waals surface area contributed by atoms with E-state index >= 15 is 0 Å². The third-order valence-electron chi connectivity index (χ3n) is 2.82. The average molecular weight is 217 g/mol. The fourth-order valence-electron chi connectivity index (χ4n) is 1.65. The topological polar surface area (TPSA) is 72.6 Å². The van der Waals surface area contributed by atoms with E-state index in [-0.39, 0.29) is 24.0 Å². The Hall–Kier alpha value is -0.610. The molecule has 0 heterocycles. The summed E-state index contributed by atoms with van der Waals surface area (Å²) in [5.74, 6) is -0.821. The smallest absolute Gasteiger partial charge is 0.303 e. The van der Waals surface area contributed by atoms with Gasteiger partial charge in [-0.2, -0.15) is 0 Å². The van der Waals surface area contributed by atoms with Gasteiger partial charge in [-0.25, -0.2) is 0 Å². The maximum Gasteiger partial charge on any atom is 0.303 e. The maximum atomic E-state index is 10.7. The number of carbonyl (C=O) groups is 1. The average Bonchev–Trinajstić information content (AvgIpc) is 2.14. The highest BCUT2D eigenvalue weighted by Gasteiger charge is 2.27. The molecule has 0 saturated carbocycles. The number of carboxylic acids is 1. The predicted octanol–water partition coefficient (Wildman–Crippen LogP) is 1.63. The first-order valence-corrected chi connectivity index (χ1v) is 5.35. The van der Waals surface area contributed by atoms with Crippen LogP contribution in [0.3, 0.4) is 0 Å². The fourth-order valence-corrected chi connectivity index (χ4v) is 1.65. The van der Waals surface area contributed by atoms with Gasteiger partial charge in [-0.3, -0.25) is 4.79 Å². The van der Waals surface area contributed by atoms with Crippen LogP contribution >= 0.6 is 0 Å². The van der Waals surface area contributed by atoms with Gasteiger partial charge in [0.15, 0.2) is 0 Å². The molecule has 0 radical (unpaired) electrons. The second-order valence-electron chi connectivity index (χ2n) is 4.60. The molecule has 90 valence electrons.